The van der Waals surface area contributed by atoms with E-state index in [1.165, 1.54) is 6.07 Å². The summed E-state index contributed by atoms with van der Waals surface area (Å²) in [4.78, 5) is 12.0. The van der Waals surface area contributed by atoms with E-state index < -0.39 is 23.6 Å². The van der Waals surface area contributed by atoms with E-state index in [2.05, 4.69) is 5.32 Å². The summed E-state index contributed by atoms with van der Waals surface area (Å²) in [6, 6.07) is 16.1. The van der Waals surface area contributed by atoms with Crippen LogP contribution in [0.5, 0.6) is 0 Å². The zero-order chi connectivity index (χ0) is 17.1. The predicted molar refractivity (Wildman–Crippen MR) is 87.6 cm³/mol. The van der Waals surface area contributed by atoms with Gasteiger partial charge in [-0.2, -0.15) is 0 Å². The van der Waals surface area contributed by atoms with Gasteiger partial charge in [0, 0.05) is 12.1 Å². The second-order valence-corrected chi connectivity index (χ2v) is 5.42. The number of fused-ring (bicyclic) bond motifs is 1. The van der Waals surface area contributed by atoms with Crippen molar-refractivity contribution in [3.63, 3.8) is 0 Å². The van der Waals surface area contributed by atoms with Gasteiger partial charge in [-0.25, -0.2) is 8.78 Å². The van der Waals surface area contributed by atoms with Crippen molar-refractivity contribution in [1.82, 2.24) is 5.32 Å². The van der Waals surface area contributed by atoms with Crippen molar-refractivity contribution in [3.8, 4) is 0 Å². The van der Waals surface area contributed by atoms with Crippen molar-refractivity contribution in [2.24, 2.45) is 0 Å². The molecule has 0 radical (unpaired) electrons. The van der Waals surface area contributed by atoms with Gasteiger partial charge in [0.05, 0.1) is 6.10 Å². The largest absolute Gasteiger partial charge is 0.387 e. The highest BCUT2D eigenvalue weighted by Gasteiger charge is 2.14. The van der Waals surface area contributed by atoms with Crippen LogP contribution in [0.2, 0.25) is 0 Å². The molecule has 1 unspecified atom stereocenters. The van der Waals surface area contributed by atoms with Gasteiger partial charge in [-0.1, -0.05) is 42.5 Å². The first-order chi connectivity index (χ1) is 11.6. The molecular weight excluding hydrogens is 312 g/mol. The standard InChI is InChI=1S/C19H15F2NO2/c20-16-9-8-13(10-17(16)21)19(24)22-11-18(23)15-7-3-5-12-4-1-2-6-14(12)15/h1-10,18,23H,11H2,(H,22,24). The number of benzene rings is 3. The molecule has 0 fully saturated rings. The van der Waals surface area contributed by atoms with Gasteiger partial charge < -0.3 is 10.4 Å². The summed E-state index contributed by atoms with van der Waals surface area (Å²) in [5.41, 5.74) is 0.692. The molecule has 0 aliphatic carbocycles. The fourth-order valence-corrected chi connectivity index (χ4v) is 2.58. The van der Waals surface area contributed by atoms with Crippen LogP contribution in [0.4, 0.5) is 8.78 Å². The lowest BCUT2D eigenvalue weighted by molar-refractivity contribution is 0.0916. The molecule has 1 amide bonds. The van der Waals surface area contributed by atoms with Crippen molar-refractivity contribution in [2.45, 2.75) is 6.10 Å². The maximum Gasteiger partial charge on any atom is 0.251 e. The zero-order valence-corrected chi connectivity index (χ0v) is 12.7. The van der Waals surface area contributed by atoms with E-state index in [1.807, 2.05) is 36.4 Å². The van der Waals surface area contributed by atoms with Crippen LogP contribution >= 0.6 is 0 Å². The number of amides is 1. The van der Waals surface area contributed by atoms with Crippen LogP contribution in [0.1, 0.15) is 22.0 Å². The quantitative estimate of drug-likeness (QED) is 0.769. The molecule has 3 nitrogen and oxygen atoms in total. The molecule has 0 bridgehead atoms. The lowest BCUT2D eigenvalue weighted by atomic mass is 10.0. The maximum atomic E-state index is 13.2. The third-order valence-electron chi connectivity index (χ3n) is 3.82. The van der Waals surface area contributed by atoms with Crippen molar-refractivity contribution >= 4 is 16.7 Å². The second-order valence-electron chi connectivity index (χ2n) is 5.42. The van der Waals surface area contributed by atoms with Gasteiger partial charge in [-0.15, -0.1) is 0 Å². The minimum Gasteiger partial charge on any atom is -0.387 e. The molecule has 0 aromatic heterocycles. The molecule has 122 valence electrons. The van der Waals surface area contributed by atoms with E-state index in [1.54, 1.807) is 6.07 Å². The van der Waals surface area contributed by atoms with Gasteiger partial charge >= 0.3 is 0 Å². The number of hydrogen-bond acceptors (Lipinski definition) is 2. The molecule has 0 saturated carbocycles. The Balaban J connectivity index is 1.73. The van der Waals surface area contributed by atoms with Crippen LogP contribution in [-0.2, 0) is 0 Å². The number of carbonyl (C=O) groups excluding carboxylic acids is 1. The third-order valence-corrected chi connectivity index (χ3v) is 3.82. The smallest absolute Gasteiger partial charge is 0.251 e. The van der Waals surface area contributed by atoms with E-state index >= 15 is 0 Å². The molecule has 0 aliphatic rings. The highest BCUT2D eigenvalue weighted by atomic mass is 19.2. The molecule has 2 N–H and O–H groups in total. The van der Waals surface area contributed by atoms with Crippen LogP contribution in [0, 0.1) is 11.6 Å². The second kappa shape index (κ2) is 6.76. The summed E-state index contributed by atoms with van der Waals surface area (Å²) in [5, 5.41) is 14.8. The molecule has 5 heteroatoms. The Morgan fingerprint density at radius 2 is 1.75 bits per heavy atom. The molecule has 3 aromatic carbocycles. The molecule has 0 aliphatic heterocycles. The highest BCUT2D eigenvalue weighted by Crippen LogP contribution is 2.23. The number of rotatable bonds is 4. The van der Waals surface area contributed by atoms with Crippen LogP contribution in [0.3, 0.4) is 0 Å². The average Bonchev–Trinajstić information content (AvgIpc) is 2.61. The monoisotopic (exact) mass is 327 g/mol. The number of carbonyl (C=O) groups is 1. The Morgan fingerprint density at radius 1 is 1.00 bits per heavy atom. The van der Waals surface area contributed by atoms with Gasteiger partial charge in [-0.05, 0) is 34.5 Å². The first-order valence-corrected chi connectivity index (χ1v) is 7.45. The molecule has 24 heavy (non-hydrogen) atoms. The number of halogens is 2. The Bertz CT molecular complexity index is 890. The lowest BCUT2D eigenvalue weighted by Crippen LogP contribution is -2.28. The Morgan fingerprint density at radius 3 is 2.54 bits per heavy atom. The number of nitrogens with one attached hydrogen (secondary N) is 1. The summed E-state index contributed by atoms with van der Waals surface area (Å²) in [6.07, 6.45) is -0.912. The fraction of sp³-hybridized carbons (Fsp3) is 0.105. The number of hydrogen-bond donors (Lipinski definition) is 2. The van der Waals surface area contributed by atoms with Crippen LogP contribution in [0.15, 0.2) is 60.7 Å². The third kappa shape index (κ3) is 3.26. The average molecular weight is 327 g/mol. The fourth-order valence-electron chi connectivity index (χ4n) is 2.58. The summed E-state index contributed by atoms with van der Waals surface area (Å²) >= 11 is 0. The van der Waals surface area contributed by atoms with Gasteiger partial charge in [0.1, 0.15) is 0 Å². The zero-order valence-electron chi connectivity index (χ0n) is 12.7. The summed E-state index contributed by atoms with van der Waals surface area (Å²) in [5.74, 6) is -2.67. The lowest BCUT2D eigenvalue weighted by Gasteiger charge is -2.15. The summed E-state index contributed by atoms with van der Waals surface area (Å²) < 4.78 is 26.1. The highest BCUT2D eigenvalue weighted by molar-refractivity contribution is 5.94. The summed E-state index contributed by atoms with van der Waals surface area (Å²) in [6.45, 7) is -0.0359. The van der Waals surface area contributed by atoms with E-state index in [0.29, 0.717) is 5.56 Å². The van der Waals surface area contributed by atoms with Crippen LogP contribution < -0.4 is 5.32 Å². The van der Waals surface area contributed by atoms with Crippen LogP contribution in [0.25, 0.3) is 10.8 Å². The molecule has 0 saturated heterocycles. The summed E-state index contributed by atoms with van der Waals surface area (Å²) in [7, 11) is 0. The van der Waals surface area contributed by atoms with E-state index in [9.17, 15) is 18.7 Å². The van der Waals surface area contributed by atoms with Gasteiger partial charge in [0.25, 0.3) is 5.91 Å². The minimum absolute atomic E-state index is 0.000908. The van der Waals surface area contributed by atoms with Gasteiger partial charge in [-0.3, -0.25) is 4.79 Å². The number of aliphatic hydroxyl groups is 1. The Labute approximate surface area is 137 Å². The molecule has 3 rings (SSSR count). The molecular formula is C19H15F2NO2. The predicted octanol–water partition coefficient (Wildman–Crippen LogP) is 3.58. The molecule has 3 aromatic rings. The SMILES string of the molecule is O=C(NCC(O)c1cccc2ccccc12)c1ccc(F)c(F)c1. The first kappa shape index (κ1) is 16.1. The van der Waals surface area contributed by atoms with E-state index in [0.717, 1.165) is 22.9 Å². The van der Waals surface area contributed by atoms with E-state index in [4.69, 9.17) is 0 Å². The van der Waals surface area contributed by atoms with Crippen molar-refractivity contribution in [2.75, 3.05) is 6.54 Å². The Kier molecular flexibility index (Phi) is 4.53. The van der Waals surface area contributed by atoms with Crippen molar-refractivity contribution < 1.29 is 18.7 Å². The number of aliphatic hydroxyl groups excluding tert-OH is 1. The first-order valence-electron chi connectivity index (χ1n) is 7.45. The molecule has 0 spiro atoms. The molecule has 1 atom stereocenters. The van der Waals surface area contributed by atoms with Crippen molar-refractivity contribution in [3.05, 3.63) is 83.4 Å². The normalized spacial score (nSPS) is 12.1. The maximum absolute atomic E-state index is 13.2. The Hall–Kier alpha value is -2.79. The van der Waals surface area contributed by atoms with E-state index in [-0.39, 0.29) is 12.1 Å². The molecule has 0 heterocycles. The van der Waals surface area contributed by atoms with Gasteiger partial charge in [0.2, 0.25) is 0 Å². The minimum atomic E-state index is -1.09. The van der Waals surface area contributed by atoms with Crippen LogP contribution in [-0.4, -0.2) is 17.6 Å². The topological polar surface area (TPSA) is 49.3 Å². The van der Waals surface area contributed by atoms with Crippen molar-refractivity contribution in [1.29, 1.82) is 0 Å². The van der Waals surface area contributed by atoms with Gasteiger partial charge in [0.15, 0.2) is 11.6 Å².